The Morgan fingerprint density at radius 2 is 2.04 bits per heavy atom. The number of carbonyl (C=O) groups is 1. The van der Waals surface area contributed by atoms with Gasteiger partial charge < -0.3 is 29.6 Å². The first-order chi connectivity index (χ1) is 11.5. The van der Waals surface area contributed by atoms with E-state index in [1.54, 1.807) is 12.1 Å². The van der Waals surface area contributed by atoms with Gasteiger partial charge in [-0.25, -0.2) is 4.79 Å². The summed E-state index contributed by atoms with van der Waals surface area (Å²) < 4.78 is 10.3. The molecule has 132 valence electrons. The van der Waals surface area contributed by atoms with Crippen molar-refractivity contribution >= 4 is 17.1 Å². The first-order valence-electron chi connectivity index (χ1n) is 7.85. The normalized spacial score (nSPS) is 11.4. The predicted octanol–water partition coefficient (Wildman–Crippen LogP) is 1.39. The van der Waals surface area contributed by atoms with Crippen LogP contribution in [0.2, 0.25) is 0 Å². The number of benzene rings is 1. The lowest BCUT2D eigenvalue weighted by Crippen LogP contribution is -2.22. The molecule has 0 spiro atoms. The van der Waals surface area contributed by atoms with Gasteiger partial charge in [0.1, 0.15) is 12.4 Å². The zero-order valence-corrected chi connectivity index (χ0v) is 14.0. The minimum Gasteiger partial charge on any atom is -0.434 e. The van der Waals surface area contributed by atoms with Crippen LogP contribution in [0.25, 0.3) is 10.9 Å². The molecule has 0 radical (unpaired) electrons. The maximum atomic E-state index is 11.9. The molecule has 0 amide bonds. The number of hydrogen-bond donors (Lipinski definition) is 3. The summed E-state index contributed by atoms with van der Waals surface area (Å²) in [6, 6.07) is 5.42. The van der Waals surface area contributed by atoms with E-state index in [0.717, 1.165) is 29.4 Å². The van der Waals surface area contributed by atoms with E-state index in [9.17, 15) is 4.79 Å². The molecule has 7 nitrogen and oxygen atoms in total. The Morgan fingerprint density at radius 1 is 1.29 bits per heavy atom. The van der Waals surface area contributed by atoms with Crippen molar-refractivity contribution in [2.45, 2.75) is 6.42 Å². The fourth-order valence-electron chi connectivity index (χ4n) is 2.31. The van der Waals surface area contributed by atoms with Crippen molar-refractivity contribution in [3.63, 3.8) is 0 Å². The van der Waals surface area contributed by atoms with E-state index in [0.29, 0.717) is 5.75 Å². The lowest BCUT2D eigenvalue weighted by Gasteiger charge is -2.12. The maximum Gasteiger partial charge on any atom is 0.513 e. The molecule has 0 fully saturated rings. The van der Waals surface area contributed by atoms with E-state index < -0.39 is 12.1 Å². The second-order valence-corrected chi connectivity index (χ2v) is 5.94. The summed E-state index contributed by atoms with van der Waals surface area (Å²) >= 11 is 0. The van der Waals surface area contributed by atoms with E-state index in [-0.39, 0.29) is 19.8 Å². The Morgan fingerprint density at radius 3 is 2.71 bits per heavy atom. The van der Waals surface area contributed by atoms with Crippen LogP contribution in [0.5, 0.6) is 5.75 Å². The quantitative estimate of drug-likeness (QED) is 0.498. The molecule has 0 unspecified atom stereocenters. The van der Waals surface area contributed by atoms with Crippen LogP contribution in [0.15, 0.2) is 24.4 Å². The average molecular weight is 336 g/mol. The van der Waals surface area contributed by atoms with Crippen LogP contribution in [0.4, 0.5) is 4.79 Å². The number of nitrogens with one attached hydrogen (secondary N) is 1. The van der Waals surface area contributed by atoms with Gasteiger partial charge in [-0.05, 0) is 38.2 Å². The van der Waals surface area contributed by atoms with Gasteiger partial charge in [-0.3, -0.25) is 0 Å². The maximum absolute atomic E-state index is 11.9. The zero-order chi connectivity index (χ0) is 17.5. The molecule has 0 saturated carbocycles. The van der Waals surface area contributed by atoms with E-state index in [1.165, 1.54) is 0 Å². The van der Waals surface area contributed by atoms with E-state index in [4.69, 9.17) is 19.7 Å². The molecule has 0 aliphatic heterocycles. The fraction of sp³-hybridized carbons (Fsp3) is 0.471. The number of aromatic nitrogens is 1. The molecule has 2 rings (SSSR count). The third-order valence-electron chi connectivity index (χ3n) is 3.72. The summed E-state index contributed by atoms with van der Waals surface area (Å²) in [5.41, 5.74) is 1.95. The topological polar surface area (TPSA) is 95.0 Å². The highest BCUT2D eigenvalue weighted by molar-refractivity contribution is 5.90. The van der Waals surface area contributed by atoms with E-state index in [2.05, 4.69) is 9.88 Å². The van der Waals surface area contributed by atoms with Crippen LogP contribution < -0.4 is 4.74 Å². The number of hydrogen-bond acceptors (Lipinski definition) is 6. The Balaban J connectivity index is 2.10. The SMILES string of the molecule is CN(C)CCc1c[nH]c2cccc(OC(=O)OCC(CO)CO)c12. The largest absolute Gasteiger partial charge is 0.513 e. The number of aliphatic hydroxyl groups is 2. The number of fused-ring (bicyclic) bond motifs is 1. The monoisotopic (exact) mass is 336 g/mol. The minimum absolute atomic E-state index is 0.0948. The number of carbonyl (C=O) groups excluding carboxylic acids is 1. The Labute approximate surface area is 140 Å². The van der Waals surface area contributed by atoms with Crippen molar-refractivity contribution in [3.8, 4) is 5.75 Å². The number of ether oxygens (including phenoxy) is 2. The molecule has 0 aliphatic carbocycles. The third kappa shape index (κ3) is 4.70. The number of aliphatic hydroxyl groups excluding tert-OH is 2. The number of rotatable bonds is 8. The Hall–Kier alpha value is -2.09. The van der Waals surface area contributed by atoms with Gasteiger partial charge in [0.15, 0.2) is 0 Å². The third-order valence-corrected chi connectivity index (χ3v) is 3.72. The highest BCUT2D eigenvalue weighted by Crippen LogP contribution is 2.29. The Bertz CT molecular complexity index is 664. The van der Waals surface area contributed by atoms with Gasteiger partial charge >= 0.3 is 6.16 Å². The van der Waals surface area contributed by atoms with Gasteiger partial charge in [-0.2, -0.15) is 0 Å². The fourth-order valence-corrected chi connectivity index (χ4v) is 2.31. The highest BCUT2D eigenvalue weighted by atomic mass is 16.7. The Kier molecular flexibility index (Phi) is 6.60. The molecule has 0 atom stereocenters. The van der Waals surface area contributed by atoms with Gasteiger partial charge in [-0.1, -0.05) is 6.07 Å². The smallest absolute Gasteiger partial charge is 0.434 e. The van der Waals surface area contributed by atoms with Crippen molar-refractivity contribution in [1.29, 1.82) is 0 Å². The number of nitrogens with zero attached hydrogens (tertiary/aromatic N) is 1. The van der Waals surface area contributed by atoms with Crippen LogP contribution in [0.1, 0.15) is 5.56 Å². The standard InChI is InChI=1S/C17H24N2O5/c1-19(2)7-6-13-8-18-14-4-3-5-15(16(13)14)24-17(22)23-11-12(9-20)10-21/h3-5,8,12,18,20-21H,6-7,9-11H2,1-2H3. The summed E-state index contributed by atoms with van der Waals surface area (Å²) in [7, 11) is 4.00. The summed E-state index contributed by atoms with van der Waals surface area (Å²) in [6.07, 6.45) is 1.88. The van der Waals surface area contributed by atoms with Crippen LogP contribution in [-0.4, -0.2) is 66.7 Å². The summed E-state index contributed by atoms with van der Waals surface area (Å²) in [5.74, 6) is -0.0756. The zero-order valence-electron chi connectivity index (χ0n) is 14.0. The second-order valence-electron chi connectivity index (χ2n) is 5.94. The van der Waals surface area contributed by atoms with Crippen LogP contribution in [0.3, 0.4) is 0 Å². The summed E-state index contributed by atoms with van der Waals surface area (Å²) in [4.78, 5) is 17.1. The summed E-state index contributed by atoms with van der Waals surface area (Å²) in [5, 5.41) is 18.8. The van der Waals surface area contributed by atoms with E-state index in [1.807, 2.05) is 26.4 Å². The van der Waals surface area contributed by atoms with Gasteiger partial charge in [0, 0.05) is 29.6 Å². The number of H-pyrrole nitrogens is 1. The average Bonchev–Trinajstić information content (AvgIpc) is 2.98. The van der Waals surface area contributed by atoms with Crippen molar-refractivity contribution in [1.82, 2.24) is 9.88 Å². The molecule has 7 heteroatoms. The molecule has 1 aromatic heterocycles. The second kappa shape index (κ2) is 8.68. The van der Waals surface area contributed by atoms with Crippen LogP contribution >= 0.6 is 0 Å². The van der Waals surface area contributed by atoms with Gasteiger partial charge in [0.25, 0.3) is 0 Å². The molecule has 0 bridgehead atoms. The van der Waals surface area contributed by atoms with E-state index >= 15 is 0 Å². The summed E-state index contributed by atoms with van der Waals surface area (Å²) in [6.45, 7) is 0.264. The van der Waals surface area contributed by atoms with Crippen LogP contribution in [-0.2, 0) is 11.2 Å². The first-order valence-corrected chi connectivity index (χ1v) is 7.85. The van der Waals surface area contributed by atoms with Crippen molar-refractivity contribution < 1.29 is 24.5 Å². The molecular formula is C17H24N2O5. The van der Waals surface area contributed by atoms with Gasteiger partial charge in [0.05, 0.1) is 13.2 Å². The molecule has 3 N–H and O–H groups in total. The molecular weight excluding hydrogens is 312 g/mol. The first kappa shape index (κ1) is 18.3. The number of likely N-dealkylation sites (N-methyl/N-ethyl adjacent to an activating group) is 1. The molecule has 1 heterocycles. The lowest BCUT2D eigenvalue weighted by atomic mass is 10.1. The lowest BCUT2D eigenvalue weighted by molar-refractivity contribution is 0.0513. The predicted molar refractivity (Wildman–Crippen MR) is 90.2 cm³/mol. The molecule has 1 aromatic carbocycles. The van der Waals surface area contributed by atoms with Crippen molar-refractivity contribution in [2.24, 2.45) is 5.92 Å². The number of aromatic amines is 1. The minimum atomic E-state index is -0.853. The van der Waals surface area contributed by atoms with Crippen molar-refractivity contribution in [2.75, 3.05) is 40.5 Å². The molecule has 24 heavy (non-hydrogen) atoms. The van der Waals surface area contributed by atoms with Crippen LogP contribution in [0, 0.1) is 5.92 Å². The highest BCUT2D eigenvalue weighted by Gasteiger charge is 2.15. The molecule has 0 saturated heterocycles. The van der Waals surface area contributed by atoms with Gasteiger partial charge in [0.2, 0.25) is 0 Å². The molecule has 0 aliphatic rings. The molecule has 2 aromatic rings. The van der Waals surface area contributed by atoms with Crippen molar-refractivity contribution in [3.05, 3.63) is 30.0 Å². The van der Waals surface area contributed by atoms with Gasteiger partial charge in [-0.15, -0.1) is 0 Å².